The van der Waals surface area contributed by atoms with Gasteiger partial charge in [-0.15, -0.1) is 0 Å². The third kappa shape index (κ3) is 5.53. The molecule has 8 nitrogen and oxygen atoms in total. The SMILES string of the molecule is CN/C=C(\C(=N)c1cccnc1)c1cnc2ccc(NC(N)C(C)/C(=C\N)C(C)C)nc2c1. The van der Waals surface area contributed by atoms with Gasteiger partial charge in [0.2, 0.25) is 0 Å². The predicted molar refractivity (Wildman–Crippen MR) is 136 cm³/mol. The molecule has 3 heterocycles. The summed E-state index contributed by atoms with van der Waals surface area (Å²) in [5.74, 6) is 1.01. The molecular weight excluding hydrogens is 412 g/mol. The van der Waals surface area contributed by atoms with E-state index in [2.05, 4.69) is 41.4 Å². The average Bonchev–Trinajstić information content (AvgIpc) is 2.82. The molecule has 0 radical (unpaired) electrons. The maximum absolute atomic E-state index is 8.67. The van der Waals surface area contributed by atoms with Crippen LogP contribution in [0, 0.1) is 17.2 Å². The molecule has 3 aromatic heterocycles. The maximum Gasteiger partial charge on any atom is 0.128 e. The first-order valence-electron chi connectivity index (χ1n) is 10.9. The topological polar surface area (TPSA) is 139 Å². The van der Waals surface area contributed by atoms with Gasteiger partial charge >= 0.3 is 0 Å². The summed E-state index contributed by atoms with van der Waals surface area (Å²) in [5, 5.41) is 15.0. The molecule has 0 saturated heterocycles. The van der Waals surface area contributed by atoms with Gasteiger partial charge < -0.3 is 22.1 Å². The van der Waals surface area contributed by atoms with Crippen LogP contribution in [0.1, 0.15) is 31.9 Å². The van der Waals surface area contributed by atoms with E-state index in [0.29, 0.717) is 28.5 Å². The smallest absolute Gasteiger partial charge is 0.128 e. The Hall–Kier alpha value is -3.78. The van der Waals surface area contributed by atoms with Crippen molar-refractivity contribution >= 4 is 28.1 Å². The van der Waals surface area contributed by atoms with Crippen molar-refractivity contribution in [1.82, 2.24) is 20.3 Å². The summed E-state index contributed by atoms with van der Waals surface area (Å²) in [7, 11) is 1.80. The minimum atomic E-state index is -0.346. The van der Waals surface area contributed by atoms with Crippen molar-refractivity contribution in [2.24, 2.45) is 23.3 Å². The molecule has 0 aliphatic carbocycles. The normalized spacial score (nSPS) is 14.2. The summed E-state index contributed by atoms with van der Waals surface area (Å²) in [5.41, 5.74) is 17.3. The maximum atomic E-state index is 8.67. The number of nitrogens with one attached hydrogen (secondary N) is 3. The lowest BCUT2D eigenvalue weighted by molar-refractivity contribution is 0.508. The van der Waals surface area contributed by atoms with Gasteiger partial charge in [-0.2, -0.15) is 0 Å². The number of hydrogen-bond acceptors (Lipinski definition) is 8. The van der Waals surface area contributed by atoms with Crippen molar-refractivity contribution < 1.29 is 0 Å². The fourth-order valence-corrected chi connectivity index (χ4v) is 3.72. The second-order valence-corrected chi connectivity index (χ2v) is 8.20. The van der Waals surface area contributed by atoms with E-state index in [4.69, 9.17) is 21.9 Å². The highest BCUT2D eigenvalue weighted by atomic mass is 15.1. The molecule has 7 N–H and O–H groups in total. The van der Waals surface area contributed by atoms with Gasteiger partial charge in [0.05, 0.1) is 22.9 Å². The molecule has 0 fully saturated rings. The lowest BCUT2D eigenvalue weighted by atomic mass is 9.90. The van der Waals surface area contributed by atoms with E-state index in [1.54, 1.807) is 38.0 Å². The molecule has 172 valence electrons. The van der Waals surface area contributed by atoms with E-state index in [1.165, 1.54) is 0 Å². The molecule has 3 rings (SSSR count). The molecule has 0 saturated carbocycles. The van der Waals surface area contributed by atoms with Crippen LogP contribution in [0.15, 0.2) is 66.9 Å². The van der Waals surface area contributed by atoms with Crippen LogP contribution in [0.25, 0.3) is 16.6 Å². The monoisotopic (exact) mass is 444 g/mol. The van der Waals surface area contributed by atoms with E-state index in [1.807, 2.05) is 30.3 Å². The Morgan fingerprint density at radius 2 is 1.88 bits per heavy atom. The fourth-order valence-electron chi connectivity index (χ4n) is 3.72. The van der Waals surface area contributed by atoms with E-state index >= 15 is 0 Å². The Morgan fingerprint density at radius 1 is 1.09 bits per heavy atom. The zero-order valence-corrected chi connectivity index (χ0v) is 19.5. The van der Waals surface area contributed by atoms with Gasteiger partial charge in [0, 0.05) is 54.5 Å². The summed E-state index contributed by atoms with van der Waals surface area (Å²) >= 11 is 0. The Bertz CT molecular complexity index is 1170. The zero-order valence-electron chi connectivity index (χ0n) is 19.5. The second-order valence-electron chi connectivity index (χ2n) is 8.20. The molecule has 0 aromatic carbocycles. The molecule has 0 bridgehead atoms. The number of rotatable bonds is 9. The van der Waals surface area contributed by atoms with Crippen molar-refractivity contribution in [3.05, 3.63) is 78.0 Å². The fraction of sp³-hybridized carbons (Fsp3) is 0.280. The summed E-state index contributed by atoms with van der Waals surface area (Å²) in [4.78, 5) is 13.4. The van der Waals surface area contributed by atoms with Crippen molar-refractivity contribution in [1.29, 1.82) is 5.41 Å². The average molecular weight is 445 g/mol. The van der Waals surface area contributed by atoms with Crippen LogP contribution in [-0.2, 0) is 0 Å². The first-order valence-corrected chi connectivity index (χ1v) is 10.9. The zero-order chi connectivity index (χ0) is 24.0. The summed E-state index contributed by atoms with van der Waals surface area (Å²) in [6.45, 7) is 6.25. The third-order valence-corrected chi connectivity index (χ3v) is 5.59. The van der Waals surface area contributed by atoms with E-state index < -0.39 is 0 Å². The van der Waals surface area contributed by atoms with Crippen LogP contribution in [0.3, 0.4) is 0 Å². The number of fused-ring (bicyclic) bond motifs is 1. The van der Waals surface area contributed by atoms with Crippen molar-refractivity contribution in [3.63, 3.8) is 0 Å². The van der Waals surface area contributed by atoms with Crippen LogP contribution in [-0.4, -0.2) is 33.9 Å². The third-order valence-electron chi connectivity index (χ3n) is 5.59. The number of allylic oxidation sites excluding steroid dienone is 1. The second kappa shape index (κ2) is 10.7. The van der Waals surface area contributed by atoms with Crippen molar-refractivity contribution in [3.8, 4) is 0 Å². The van der Waals surface area contributed by atoms with Gasteiger partial charge in [0.25, 0.3) is 0 Å². The van der Waals surface area contributed by atoms with Crippen LogP contribution >= 0.6 is 0 Å². The highest BCUT2D eigenvalue weighted by Crippen LogP contribution is 2.24. The van der Waals surface area contributed by atoms with Crippen LogP contribution in [0.4, 0.5) is 5.82 Å². The van der Waals surface area contributed by atoms with Crippen LogP contribution < -0.4 is 22.1 Å². The standard InChI is InChI=1S/C25H32N8/c1-15(2)19(11-26)16(3)25(28)33-23-8-7-21-22(32-23)10-18(13-31-21)20(14-29-4)24(27)17-6-5-9-30-12-17/h5-16,25,27,29H,26,28H2,1-4H3,(H,32,33)/b19-11-,20-14-,27-24?. The predicted octanol–water partition coefficient (Wildman–Crippen LogP) is 3.48. The van der Waals surface area contributed by atoms with Crippen molar-refractivity contribution in [2.45, 2.75) is 26.9 Å². The Kier molecular flexibility index (Phi) is 7.74. The van der Waals surface area contributed by atoms with Crippen LogP contribution in [0.2, 0.25) is 0 Å². The quantitative estimate of drug-likeness (QED) is 0.251. The molecule has 0 spiro atoms. The summed E-state index contributed by atoms with van der Waals surface area (Å²) in [6, 6.07) is 9.37. The highest BCUT2D eigenvalue weighted by Gasteiger charge is 2.20. The first kappa shape index (κ1) is 23.9. The Balaban J connectivity index is 1.91. The molecule has 0 amide bonds. The molecule has 3 aromatic rings. The van der Waals surface area contributed by atoms with Gasteiger partial charge in [0.1, 0.15) is 5.82 Å². The largest absolute Gasteiger partial charge is 0.405 e. The molecule has 2 unspecified atom stereocenters. The number of pyridine rings is 3. The number of nitrogens with zero attached hydrogens (tertiary/aromatic N) is 3. The van der Waals surface area contributed by atoms with Gasteiger partial charge in [0.15, 0.2) is 0 Å². The molecular formula is C25H32N8. The molecule has 0 aliphatic heterocycles. The highest BCUT2D eigenvalue weighted by molar-refractivity contribution is 6.30. The van der Waals surface area contributed by atoms with Gasteiger partial charge in [-0.1, -0.05) is 20.8 Å². The van der Waals surface area contributed by atoms with E-state index in [-0.39, 0.29) is 12.1 Å². The van der Waals surface area contributed by atoms with Crippen molar-refractivity contribution in [2.75, 3.05) is 12.4 Å². The lowest BCUT2D eigenvalue weighted by Gasteiger charge is -2.26. The molecule has 0 aliphatic rings. The van der Waals surface area contributed by atoms with Crippen LogP contribution in [0.5, 0.6) is 0 Å². The first-order chi connectivity index (χ1) is 15.8. The number of nitrogens with two attached hydrogens (primary N) is 2. The van der Waals surface area contributed by atoms with Gasteiger partial charge in [-0.3, -0.25) is 15.4 Å². The number of aromatic nitrogens is 3. The minimum absolute atomic E-state index is 0.0436. The van der Waals surface area contributed by atoms with E-state index in [0.717, 1.165) is 22.2 Å². The molecule has 8 heteroatoms. The van der Waals surface area contributed by atoms with Gasteiger partial charge in [-0.05, 0) is 48.0 Å². The number of anilines is 1. The summed E-state index contributed by atoms with van der Waals surface area (Å²) < 4.78 is 0. The Morgan fingerprint density at radius 3 is 2.52 bits per heavy atom. The molecule has 2 atom stereocenters. The number of hydrogen-bond donors (Lipinski definition) is 5. The summed E-state index contributed by atoms with van der Waals surface area (Å²) in [6.07, 6.45) is 8.19. The Labute approximate surface area is 194 Å². The van der Waals surface area contributed by atoms with E-state index in [9.17, 15) is 0 Å². The lowest BCUT2D eigenvalue weighted by Crippen LogP contribution is -2.38. The minimum Gasteiger partial charge on any atom is -0.405 e. The molecule has 33 heavy (non-hydrogen) atoms. The van der Waals surface area contributed by atoms with Gasteiger partial charge in [-0.25, -0.2) is 4.98 Å².